The van der Waals surface area contributed by atoms with E-state index in [-0.39, 0.29) is 5.02 Å². The van der Waals surface area contributed by atoms with Gasteiger partial charge in [0.25, 0.3) is 0 Å². The van der Waals surface area contributed by atoms with Crippen LogP contribution < -0.4 is 20.7 Å². The number of rotatable bonds is 5. The van der Waals surface area contributed by atoms with E-state index >= 15 is 0 Å². The molecule has 0 radical (unpaired) electrons. The average Bonchev–Trinajstić information content (AvgIpc) is 3.36. The predicted octanol–water partition coefficient (Wildman–Crippen LogP) is 4.39. The molecule has 3 N–H and O–H groups in total. The van der Waals surface area contributed by atoms with E-state index in [1.807, 2.05) is 24.3 Å². The highest BCUT2D eigenvalue weighted by Gasteiger charge is 2.20. The summed E-state index contributed by atoms with van der Waals surface area (Å²) in [7, 11) is 1.66. The van der Waals surface area contributed by atoms with Crippen LogP contribution >= 0.6 is 11.6 Å². The molecule has 9 heteroatoms. The maximum absolute atomic E-state index is 14.2. The zero-order chi connectivity index (χ0) is 23.7. The number of ether oxygens (including phenoxy) is 1. The minimum absolute atomic E-state index is 0.0505. The average molecular weight is 479 g/mol. The van der Waals surface area contributed by atoms with E-state index < -0.39 is 5.82 Å². The van der Waals surface area contributed by atoms with E-state index in [2.05, 4.69) is 26.4 Å². The summed E-state index contributed by atoms with van der Waals surface area (Å²) in [6, 6.07) is 16.2. The summed E-state index contributed by atoms with van der Waals surface area (Å²) in [5.74, 6) is 0.573. The number of halogens is 2. The molecule has 0 amide bonds. The fraction of sp³-hybridized carbons (Fsp3) is 0.200. The Morgan fingerprint density at radius 3 is 2.53 bits per heavy atom. The molecule has 0 saturated carbocycles. The van der Waals surface area contributed by atoms with E-state index in [1.165, 1.54) is 12.1 Å². The highest BCUT2D eigenvalue weighted by Crippen LogP contribution is 2.39. The van der Waals surface area contributed by atoms with Gasteiger partial charge in [0, 0.05) is 55.1 Å². The largest absolute Gasteiger partial charge is 0.496 e. The number of nitrogen functional groups attached to an aromatic ring is 1. The molecule has 1 aliphatic heterocycles. The summed E-state index contributed by atoms with van der Waals surface area (Å²) in [6.07, 6.45) is 1.64. The van der Waals surface area contributed by atoms with Gasteiger partial charge in [-0.05, 0) is 42.5 Å². The van der Waals surface area contributed by atoms with Crippen LogP contribution in [-0.2, 0) is 0 Å². The first kappa shape index (κ1) is 22.2. The van der Waals surface area contributed by atoms with Gasteiger partial charge in [-0.15, -0.1) is 0 Å². The zero-order valence-corrected chi connectivity index (χ0v) is 19.4. The number of nitrogens with two attached hydrogens (primary N) is 1. The van der Waals surface area contributed by atoms with Crippen LogP contribution in [0.1, 0.15) is 0 Å². The molecular formula is C25H24ClFN6O. The molecule has 0 aliphatic carbocycles. The second-order valence-corrected chi connectivity index (χ2v) is 8.39. The van der Waals surface area contributed by atoms with Crippen LogP contribution in [0, 0.1) is 5.82 Å². The van der Waals surface area contributed by atoms with Crippen molar-refractivity contribution in [2.45, 2.75) is 0 Å². The van der Waals surface area contributed by atoms with Gasteiger partial charge in [-0.25, -0.2) is 14.1 Å². The third kappa shape index (κ3) is 4.18. The van der Waals surface area contributed by atoms with Crippen LogP contribution in [0.15, 0.2) is 60.8 Å². The van der Waals surface area contributed by atoms with Gasteiger partial charge in [0.1, 0.15) is 17.4 Å². The number of piperazine rings is 1. The van der Waals surface area contributed by atoms with Gasteiger partial charge in [-0.2, -0.15) is 5.10 Å². The molecule has 1 saturated heterocycles. The molecule has 0 unspecified atom stereocenters. The van der Waals surface area contributed by atoms with Crippen LogP contribution in [-0.4, -0.2) is 48.1 Å². The molecule has 3 heterocycles. The van der Waals surface area contributed by atoms with Crippen LogP contribution in [0.25, 0.3) is 28.2 Å². The Morgan fingerprint density at radius 2 is 1.76 bits per heavy atom. The van der Waals surface area contributed by atoms with Crippen LogP contribution in [0.3, 0.4) is 0 Å². The Balaban J connectivity index is 1.62. The molecule has 4 aromatic rings. The topological polar surface area (TPSA) is 81.2 Å². The minimum atomic E-state index is -0.522. The second kappa shape index (κ2) is 9.32. The molecule has 0 atom stereocenters. The Labute approximate surface area is 201 Å². The van der Waals surface area contributed by atoms with Gasteiger partial charge in [-0.3, -0.25) is 0 Å². The zero-order valence-electron chi connectivity index (χ0n) is 18.6. The number of nitrogens with zero attached hydrogens (tertiary/aromatic N) is 4. The van der Waals surface area contributed by atoms with E-state index in [4.69, 9.17) is 22.1 Å². The van der Waals surface area contributed by atoms with Crippen molar-refractivity contribution in [1.29, 1.82) is 0 Å². The van der Waals surface area contributed by atoms with Gasteiger partial charge in [0.2, 0.25) is 0 Å². The number of hydrogen-bond donors (Lipinski definition) is 2. The van der Waals surface area contributed by atoms with Crippen molar-refractivity contribution in [2.75, 3.05) is 43.9 Å². The number of hydrogen-bond acceptors (Lipinski definition) is 6. The van der Waals surface area contributed by atoms with Crippen LogP contribution in [0.2, 0.25) is 5.02 Å². The van der Waals surface area contributed by atoms with Crippen molar-refractivity contribution in [2.24, 2.45) is 0 Å². The number of pyridine rings is 1. The standard InChI is InChI=1S/C25H24ClFN6O/c1-34-23-15-16(32-12-10-29-11-13-32)2-4-18(23)19-5-7-24(28)31-25(19)22-8-9-30-33(22)17-3-6-20(26)21(27)14-17/h2-9,14-15,29H,10-13H2,1H3,(H2,28,31). The Kier molecular flexibility index (Phi) is 6.08. The predicted molar refractivity (Wildman–Crippen MR) is 133 cm³/mol. The summed E-state index contributed by atoms with van der Waals surface area (Å²) in [5.41, 5.74) is 10.7. The molecule has 34 heavy (non-hydrogen) atoms. The maximum atomic E-state index is 14.2. The summed E-state index contributed by atoms with van der Waals surface area (Å²) < 4.78 is 21.6. The molecule has 0 spiro atoms. The first-order chi connectivity index (χ1) is 16.5. The highest BCUT2D eigenvalue weighted by molar-refractivity contribution is 6.30. The lowest BCUT2D eigenvalue weighted by Gasteiger charge is -2.30. The number of anilines is 2. The van der Waals surface area contributed by atoms with Crippen LogP contribution in [0.5, 0.6) is 5.75 Å². The third-order valence-corrected chi connectivity index (χ3v) is 6.21. The van der Waals surface area contributed by atoms with Gasteiger partial charge in [-0.1, -0.05) is 11.6 Å². The summed E-state index contributed by atoms with van der Waals surface area (Å²) in [5, 5.41) is 7.82. The lowest BCUT2D eigenvalue weighted by molar-refractivity contribution is 0.416. The van der Waals surface area contributed by atoms with Gasteiger partial charge < -0.3 is 20.7 Å². The minimum Gasteiger partial charge on any atom is -0.496 e. The van der Waals surface area contributed by atoms with Crippen molar-refractivity contribution < 1.29 is 9.13 Å². The summed E-state index contributed by atoms with van der Waals surface area (Å²) in [6.45, 7) is 3.78. The van der Waals surface area contributed by atoms with Crippen molar-refractivity contribution in [3.05, 3.63) is 71.6 Å². The maximum Gasteiger partial charge on any atom is 0.143 e. The van der Waals surface area contributed by atoms with Crippen molar-refractivity contribution in [3.8, 4) is 34.0 Å². The fourth-order valence-electron chi connectivity index (χ4n) is 4.21. The van der Waals surface area contributed by atoms with E-state index in [0.29, 0.717) is 22.9 Å². The molecule has 2 aromatic heterocycles. The molecule has 0 bridgehead atoms. The van der Waals surface area contributed by atoms with E-state index in [9.17, 15) is 4.39 Å². The molecule has 5 rings (SSSR count). The van der Waals surface area contributed by atoms with Gasteiger partial charge >= 0.3 is 0 Å². The molecular weight excluding hydrogens is 455 g/mol. The van der Waals surface area contributed by atoms with E-state index in [1.54, 1.807) is 30.1 Å². The number of nitrogens with one attached hydrogen (secondary N) is 1. The monoisotopic (exact) mass is 478 g/mol. The Morgan fingerprint density at radius 1 is 1.00 bits per heavy atom. The lowest BCUT2D eigenvalue weighted by Crippen LogP contribution is -2.43. The first-order valence-corrected chi connectivity index (χ1v) is 11.3. The molecule has 7 nitrogen and oxygen atoms in total. The van der Waals surface area contributed by atoms with Gasteiger partial charge in [0.15, 0.2) is 0 Å². The summed E-state index contributed by atoms with van der Waals surface area (Å²) >= 11 is 5.87. The van der Waals surface area contributed by atoms with Gasteiger partial charge in [0.05, 0.1) is 35.4 Å². The van der Waals surface area contributed by atoms with Crippen LogP contribution in [0.4, 0.5) is 15.9 Å². The fourth-order valence-corrected chi connectivity index (χ4v) is 4.33. The number of methoxy groups -OCH3 is 1. The lowest BCUT2D eigenvalue weighted by atomic mass is 10.00. The molecule has 1 aliphatic rings. The molecule has 174 valence electrons. The SMILES string of the molecule is COc1cc(N2CCNCC2)ccc1-c1ccc(N)nc1-c1ccnn1-c1ccc(Cl)c(F)c1. The quantitative estimate of drug-likeness (QED) is 0.442. The molecule has 2 aromatic carbocycles. The third-order valence-electron chi connectivity index (χ3n) is 5.91. The highest BCUT2D eigenvalue weighted by atomic mass is 35.5. The Bertz CT molecular complexity index is 1330. The van der Waals surface area contributed by atoms with E-state index in [0.717, 1.165) is 48.7 Å². The molecule has 1 fully saturated rings. The first-order valence-electron chi connectivity index (χ1n) is 11.0. The smallest absolute Gasteiger partial charge is 0.143 e. The normalized spacial score (nSPS) is 13.8. The summed E-state index contributed by atoms with van der Waals surface area (Å²) in [4.78, 5) is 6.96. The van der Waals surface area contributed by atoms with Crippen molar-refractivity contribution in [1.82, 2.24) is 20.1 Å². The van der Waals surface area contributed by atoms with Crippen molar-refractivity contribution in [3.63, 3.8) is 0 Å². The second-order valence-electron chi connectivity index (χ2n) is 7.98. The number of aromatic nitrogens is 3. The Hall–Kier alpha value is -3.62. The van der Waals surface area contributed by atoms with Crippen molar-refractivity contribution >= 4 is 23.1 Å². The number of benzene rings is 2.